The maximum Gasteiger partial charge on any atom is 0.130 e. The molecule has 0 fully saturated rings. The fourth-order valence-electron chi connectivity index (χ4n) is 4.54. The van der Waals surface area contributed by atoms with Gasteiger partial charge in [-0.1, -0.05) is 18.2 Å². The molecule has 1 aliphatic heterocycles. The van der Waals surface area contributed by atoms with Gasteiger partial charge in [-0.05, 0) is 73.0 Å². The number of fused-ring (bicyclic) bond motifs is 2. The number of benzene rings is 3. The first-order valence-corrected chi connectivity index (χ1v) is 9.32. The normalized spacial score (nSPS) is 19.1. The Morgan fingerprint density at radius 2 is 1.85 bits per heavy atom. The largest absolute Gasteiger partial charge is 0.508 e. The first-order valence-electron chi connectivity index (χ1n) is 9.32. The molecule has 0 saturated heterocycles. The Morgan fingerprint density at radius 1 is 1.07 bits per heavy atom. The van der Waals surface area contributed by atoms with Crippen molar-refractivity contribution < 1.29 is 14.9 Å². The number of rotatable bonds is 2. The van der Waals surface area contributed by atoms with Crippen LogP contribution in [-0.4, -0.2) is 23.4 Å². The van der Waals surface area contributed by atoms with E-state index in [1.54, 1.807) is 19.2 Å². The first kappa shape index (κ1) is 17.7. The summed E-state index contributed by atoms with van der Waals surface area (Å²) in [5, 5.41) is 26.2. The lowest BCUT2D eigenvalue weighted by Gasteiger charge is -2.32. The van der Waals surface area contributed by atoms with Gasteiger partial charge in [-0.3, -0.25) is 0 Å². The van der Waals surface area contributed by atoms with Gasteiger partial charge >= 0.3 is 0 Å². The average Bonchev–Trinajstić information content (AvgIpc) is 2.61. The van der Waals surface area contributed by atoms with Crippen LogP contribution in [0.2, 0.25) is 0 Å². The summed E-state index contributed by atoms with van der Waals surface area (Å²) in [6.07, 6.45) is 0.842. The van der Waals surface area contributed by atoms with Gasteiger partial charge in [-0.2, -0.15) is 0 Å². The van der Waals surface area contributed by atoms with E-state index in [4.69, 9.17) is 4.74 Å². The molecule has 0 aliphatic carbocycles. The van der Waals surface area contributed by atoms with E-state index in [9.17, 15) is 10.2 Å². The number of ether oxygens (including phenoxy) is 1. The van der Waals surface area contributed by atoms with Crippen LogP contribution in [0.25, 0.3) is 21.9 Å². The van der Waals surface area contributed by atoms with Crippen LogP contribution in [-0.2, 0) is 6.42 Å². The van der Waals surface area contributed by atoms with Crippen molar-refractivity contribution in [1.82, 2.24) is 5.32 Å². The fourth-order valence-corrected chi connectivity index (χ4v) is 4.54. The van der Waals surface area contributed by atoms with E-state index in [0.717, 1.165) is 39.4 Å². The highest BCUT2D eigenvalue weighted by atomic mass is 16.5. The second-order valence-electron chi connectivity index (χ2n) is 7.49. The van der Waals surface area contributed by atoms with Gasteiger partial charge in [-0.15, -0.1) is 0 Å². The smallest absolute Gasteiger partial charge is 0.130 e. The Kier molecular flexibility index (Phi) is 4.23. The molecule has 140 valence electrons. The Bertz CT molecular complexity index is 1040. The highest BCUT2D eigenvalue weighted by Crippen LogP contribution is 2.45. The topological polar surface area (TPSA) is 61.7 Å². The molecular formula is C23H25NO3. The summed E-state index contributed by atoms with van der Waals surface area (Å²) in [4.78, 5) is 0. The Labute approximate surface area is 159 Å². The third kappa shape index (κ3) is 2.72. The molecular weight excluding hydrogens is 338 g/mol. The maximum atomic E-state index is 10.5. The summed E-state index contributed by atoms with van der Waals surface area (Å²) in [6, 6.07) is 11.7. The summed E-state index contributed by atoms with van der Waals surface area (Å²) in [6.45, 7) is 6.31. The number of aryl methyl sites for hydroxylation is 1. The van der Waals surface area contributed by atoms with Gasteiger partial charge in [0.25, 0.3) is 0 Å². The quantitative estimate of drug-likeness (QED) is 0.610. The average molecular weight is 363 g/mol. The molecule has 0 bridgehead atoms. The molecule has 2 atom stereocenters. The number of phenolic OH excluding ortho intramolecular Hbond substituents is 2. The third-order valence-corrected chi connectivity index (χ3v) is 5.60. The predicted octanol–water partition coefficient (Wildman–Crippen LogP) is 4.83. The van der Waals surface area contributed by atoms with Gasteiger partial charge in [0.05, 0.1) is 12.5 Å². The van der Waals surface area contributed by atoms with E-state index in [-0.39, 0.29) is 11.8 Å². The van der Waals surface area contributed by atoms with Crippen molar-refractivity contribution in [2.24, 2.45) is 0 Å². The first-order chi connectivity index (χ1) is 12.9. The number of hydrogen-bond acceptors (Lipinski definition) is 4. The zero-order chi connectivity index (χ0) is 19.3. The third-order valence-electron chi connectivity index (χ3n) is 5.60. The van der Waals surface area contributed by atoms with Crippen LogP contribution in [0.5, 0.6) is 17.2 Å². The van der Waals surface area contributed by atoms with Gasteiger partial charge in [0.2, 0.25) is 0 Å². The van der Waals surface area contributed by atoms with Crippen molar-refractivity contribution in [1.29, 1.82) is 0 Å². The molecule has 0 amide bonds. The number of aromatic hydroxyl groups is 2. The molecule has 1 aliphatic rings. The minimum absolute atomic E-state index is 0.0851. The molecule has 1 heterocycles. The highest BCUT2D eigenvalue weighted by Gasteiger charge is 2.27. The molecule has 0 saturated carbocycles. The van der Waals surface area contributed by atoms with Crippen LogP contribution in [0.3, 0.4) is 0 Å². The van der Waals surface area contributed by atoms with Crippen LogP contribution in [0.1, 0.15) is 36.6 Å². The van der Waals surface area contributed by atoms with Crippen molar-refractivity contribution in [2.45, 2.75) is 39.3 Å². The lowest BCUT2D eigenvalue weighted by atomic mass is 9.82. The summed E-state index contributed by atoms with van der Waals surface area (Å²) < 4.78 is 5.54. The molecule has 0 unspecified atom stereocenters. The maximum absolute atomic E-state index is 10.5. The van der Waals surface area contributed by atoms with E-state index < -0.39 is 0 Å². The molecule has 4 nitrogen and oxygen atoms in total. The van der Waals surface area contributed by atoms with Gasteiger partial charge in [-0.25, -0.2) is 0 Å². The van der Waals surface area contributed by atoms with E-state index in [1.165, 1.54) is 5.56 Å². The standard InChI is InChI=1S/C23H25NO3/c1-12-10-20(27-4)23-16(6-5-7-18(23)25)21(12)15-8-9-19(26)22-14(3)24-13(2)11-17(15)22/h5-10,13-14,24-26H,11H2,1-4H3/t13-,14+/m1/s1. The van der Waals surface area contributed by atoms with Crippen molar-refractivity contribution in [3.8, 4) is 28.4 Å². The van der Waals surface area contributed by atoms with Crippen molar-refractivity contribution in [2.75, 3.05) is 7.11 Å². The second kappa shape index (κ2) is 6.46. The summed E-state index contributed by atoms with van der Waals surface area (Å²) in [5.74, 6) is 1.21. The van der Waals surface area contributed by atoms with Crippen LogP contribution in [0.15, 0.2) is 36.4 Å². The lowest BCUT2D eigenvalue weighted by molar-refractivity contribution is 0.410. The Hall–Kier alpha value is -2.72. The highest BCUT2D eigenvalue weighted by molar-refractivity contribution is 6.05. The van der Waals surface area contributed by atoms with Crippen molar-refractivity contribution in [3.63, 3.8) is 0 Å². The summed E-state index contributed by atoms with van der Waals surface area (Å²) in [7, 11) is 1.62. The van der Waals surface area contributed by atoms with Gasteiger partial charge in [0.15, 0.2) is 0 Å². The molecule has 0 aromatic heterocycles. The predicted molar refractivity (Wildman–Crippen MR) is 109 cm³/mol. The number of methoxy groups -OCH3 is 1. The molecule has 4 rings (SSSR count). The van der Waals surface area contributed by atoms with Crippen molar-refractivity contribution >= 4 is 10.8 Å². The molecule has 3 N–H and O–H groups in total. The molecule has 0 spiro atoms. The number of phenols is 2. The minimum Gasteiger partial charge on any atom is -0.508 e. The van der Waals surface area contributed by atoms with E-state index in [2.05, 4.69) is 26.1 Å². The fraction of sp³-hybridized carbons (Fsp3) is 0.304. The molecule has 3 aromatic rings. The zero-order valence-corrected chi connectivity index (χ0v) is 16.1. The lowest BCUT2D eigenvalue weighted by Crippen LogP contribution is -2.36. The summed E-state index contributed by atoms with van der Waals surface area (Å²) >= 11 is 0. The minimum atomic E-state index is 0.0851. The Balaban J connectivity index is 2.10. The van der Waals surface area contributed by atoms with Crippen LogP contribution < -0.4 is 10.1 Å². The van der Waals surface area contributed by atoms with Crippen LogP contribution in [0.4, 0.5) is 0 Å². The van der Waals surface area contributed by atoms with Crippen LogP contribution >= 0.6 is 0 Å². The SMILES string of the molecule is COc1cc(C)c(-c2ccc(O)c3c2C[C@@H](C)N[C@H]3C)c2cccc(O)c12. The number of hydrogen-bond donors (Lipinski definition) is 3. The molecule has 27 heavy (non-hydrogen) atoms. The van der Waals surface area contributed by atoms with E-state index in [0.29, 0.717) is 17.5 Å². The monoisotopic (exact) mass is 363 g/mol. The van der Waals surface area contributed by atoms with Crippen LogP contribution in [0, 0.1) is 6.92 Å². The number of nitrogens with one attached hydrogen (secondary N) is 1. The Morgan fingerprint density at radius 3 is 2.59 bits per heavy atom. The molecule has 0 radical (unpaired) electrons. The zero-order valence-electron chi connectivity index (χ0n) is 16.1. The van der Waals surface area contributed by atoms with Gasteiger partial charge in [0.1, 0.15) is 17.2 Å². The molecule has 3 aromatic carbocycles. The van der Waals surface area contributed by atoms with E-state index >= 15 is 0 Å². The second-order valence-corrected chi connectivity index (χ2v) is 7.49. The van der Waals surface area contributed by atoms with Crippen molar-refractivity contribution in [3.05, 3.63) is 53.1 Å². The van der Waals surface area contributed by atoms with E-state index in [1.807, 2.05) is 24.3 Å². The summed E-state index contributed by atoms with van der Waals surface area (Å²) in [5.41, 5.74) is 5.41. The van der Waals surface area contributed by atoms with Gasteiger partial charge < -0.3 is 20.3 Å². The molecule has 4 heteroatoms. The van der Waals surface area contributed by atoms with Gasteiger partial charge in [0, 0.05) is 17.6 Å².